The Morgan fingerprint density at radius 1 is 0.283 bits per heavy atom. The van der Waals surface area contributed by atoms with Gasteiger partial charge in [0.1, 0.15) is 0 Å². The van der Waals surface area contributed by atoms with Crippen molar-refractivity contribution >= 4 is 40.0 Å². The van der Waals surface area contributed by atoms with Crippen LogP contribution in [0.15, 0.2) is 207 Å². The van der Waals surface area contributed by atoms with Gasteiger partial charge in [0.05, 0.1) is 22.8 Å². The van der Waals surface area contributed by atoms with Crippen LogP contribution in [0.4, 0.5) is 0 Å². The molecule has 1 aliphatic rings. The molecule has 4 aromatic heterocycles. The fraction of sp³-hybridized carbons (Fsp3) is 0. The van der Waals surface area contributed by atoms with Gasteiger partial charge in [-0.05, 0) is 91.6 Å². The van der Waals surface area contributed by atoms with Crippen LogP contribution in [-0.4, -0.2) is 28.0 Å². The Morgan fingerprint density at radius 2 is 0.660 bits per heavy atom. The summed E-state index contributed by atoms with van der Waals surface area (Å²) in [6.45, 7) is 0. The van der Waals surface area contributed by atoms with E-state index in [0.717, 1.165) is 45.0 Å². The maximum absolute atomic E-state index is 5.35. The monoisotopic (exact) mass is 694 g/mol. The van der Waals surface area contributed by atoms with E-state index in [1.807, 2.05) is 61.2 Å². The summed E-state index contributed by atoms with van der Waals surface area (Å²) in [6.07, 6.45) is 7.60. The molecular weight excluding hydrogens is 661 g/mol. The Morgan fingerprint density at radius 3 is 1.00 bits per heavy atom. The summed E-state index contributed by atoms with van der Waals surface area (Å²) < 4.78 is 0. The second-order valence-corrected chi connectivity index (χ2v) is 16.7. The van der Waals surface area contributed by atoms with E-state index in [2.05, 4.69) is 156 Å². The van der Waals surface area contributed by atoms with E-state index >= 15 is 0 Å². The first kappa shape index (κ1) is 32.1. The Kier molecular flexibility index (Phi) is 8.52. The molecular formula is C48H34N4Si. The average Bonchev–Trinajstić information content (AvgIpc) is 3.58. The van der Waals surface area contributed by atoms with Gasteiger partial charge in [0.15, 0.2) is 8.07 Å². The number of allylic oxidation sites excluding steroid dienone is 2. The Balaban J connectivity index is 1.43. The maximum Gasteiger partial charge on any atom is 0.185 e. The van der Waals surface area contributed by atoms with Crippen LogP contribution in [0.25, 0.3) is 44.1 Å². The van der Waals surface area contributed by atoms with Gasteiger partial charge < -0.3 is 0 Å². The van der Waals surface area contributed by atoms with Gasteiger partial charge in [0.25, 0.3) is 0 Å². The van der Waals surface area contributed by atoms with Gasteiger partial charge in [-0.15, -0.1) is 0 Å². The minimum atomic E-state index is -3.21. The van der Waals surface area contributed by atoms with Crippen molar-refractivity contribution in [3.63, 3.8) is 0 Å². The lowest BCUT2D eigenvalue weighted by molar-refractivity contribution is 1.25. The number of benzene rings is 4. The van der Waals surface area contributed by atoms with E-state index in [9.17, 15) is 0 Å². The largest absolute Gasteiger partial charge is 0.256 e. The molecule has 0 aliphatic carbocycles. The highest BCUT2D eigenvalue weighted by Gasteiger charge is 2.54. The highest BCUT2D eigenvalue weighted by atomic mass is 28.3. The van der Waals surface area contributed by atoms with Crippen LogP contribution in [0.1, 0.15) is 22.5 Å². The quantitative estimate of drug-likeness (QED) is 0.149. The molecule has 4 nitrogen and oxygen atoms in total. The van der Waals surface area contributed by atoms with Crippen molar-refractivity contribution < 1.29 is 0 Å². The van der Waals surface area contributed by atoms with Crippen molar-refractivity contribution in [1.82, 2.24) is 19.9 Å². The van der Waals surface area contributed by atoms with Gasteiger partial charge in [-0.3, -0.25) is 19.9 Å². The van der Waals surface area contributed by atoms with Crippen molar-refractivity contribution in [3.8, 4) is 22.5 Å². The molecule has 4 aromatic carbocycles. The molecule has 0 amide bonds. The highest BCUT2D eigenvalue weighted by Crippen LogP contribution is 2.54. The number of hydrogen-bond donors (Lipinski definition) is 0. The number of rotatable bonds is 8. The van der Waals surface area contributed by atoms with Crippen LogP contribution in [-0.2, 0) is 0 Å². The smallest absolute Gasteiger partial charge is 0.185 e. The van der Waals surface area contributed by atoms with Gasteiger partial charge in [0, 0.05) is 35.9 Å². The van der Waals surface area contributed by atoms with E-state index in [4.69, 9.17) is 9.97 Å². The van der Waals surface area contributed by atoms with Crippen molar-refractivity contribution in [1.29, 1.82) is 0 Å². The molecule has 0 spiro atoms. The van der Waals surface area contributed by atoms with E-state index in [-0.39, 0.29) is 0 Å². The third-order valence-electron chi connectivity index (χ3n) is 10.00. The zero-order valence-corrected chi connectivity index (χ0v) is 29.9. The van der Waals surface area contributed by atoms with Crippen molar-refractivity contribution in [3.05, 3.63) is 229 Å². The predicted molar refractivity (Wildman–Crippen MR) is 219 cm³/mol. The van der Waals surface area contributed by atoms with Gasteiger partial charge >= 0.3 is 0 Å². The molecule has 8 aromatic rings. The van der Waals surface area contributed by atoms with Gasteiger partial charge in [-0.2, -0.15) is 0 Å². The first-order valence-corrected chi connectivity index (χ1v) is 19.8. The molecule has 53 heavy (non-hydrogen) atoms. The lowest BCUT2D eigenvalue weighted by atomic mass is 9.90. The zero-order chi connectivity index (χ0) is 35.5. The number of nitrogens with zero attached hydrogens (tertiary/aromatic N) is 4. The molecule has 0 unspecified atom stereocenters. The lowest BCUT2D eigenvalue weighted by Gasteiger charge is -2.35. The first-order chi connectivity index (χ1) is 26.3. The minimum absolute atomic E-state index is 0.894. The molecule has 0 N–H and O–H groups in total. The van der Waals surface area contributed by atoms with Crippen LogP contribution in [0.5, 0.6) is 0 Å². The van der Waals surface area contributed by atoms with Gasteiger partial charge in [-0.1, -0.05) is 133 Å². The van der Waals surface area contributed by atoms with Gasteiger partial charge in [-0.25, -0.2) is 0 Å². The standard InChI is InChI=1S/C48H34N4Si/c1-5-17-35(18-6-1)45-46(36-19-7-2-8-20-36)48(44-30-28-38(34-52-44)42-26-14-16-32-50-42)53(39-21-9-3-10-22-39,40-23-11-4-12-24-40)47(45)43-29-27-37(33-51-43)41-25-13-15-31-49-41/h1-34H. The second kappa shape index (κ2) is 14.1. The molecule has 9 rings (SSSR count). The Labute approximate surface area is 310 Å². The molecule has 0 fully saturated rings. The Bertz CT molecular complexity index is 2360. The normalized spacial score (nSPS) is 13.7. The van der Waals surface area contributed by atoms with E-state index in [0.29, 0.717) is 0 Å². The molecule has 0 saturated heterocycles. The van der Waals surface area contributed by atoms with Crippen LogP contribution in [0, 0.1) is 0 Å². The van der Waals surface area contributed by atoms with Crippen molar-refractivity contribution in [2.45, 2.75) is 0 Å². The summed E-state index contributed by atoms with van der Waals surface area (Å²) in [4.78, 5) is 20.0. The van der Waals surface area contributed by atoms with Crippen LogP contribution in [0.3, 0.4) is 0 Å². The summed E-state index contributed by atoms with van der Waals surface area (Å²) in [5.41, 5.74) is 10.3. The van der Waals surface area contributed by atoms with Crippen molar-refractivity contribution in [2.24, 2.45) is 0 Å². The third-order valence-corrected chi connectivity index (χ3v) is 14.9. The fourth-order valence-corrected chi connectivity index (χ4v) is 13.2. The zero-order valence-electron chi connectivity index (χ0n) is 28.9. The van der Waals surface area contributed by atoms with Crippen molar-refractivity contribution in [2.75, 3.05) is 0 Å². The molecule has 0 radical (unpaired) electrons. The molecule has 0 atom stereocenters. The molecule has 0 saturated carbocycles. The number of hydrogen-bond acceptors (Lipinski definition) is 4. The summed E-state index contributed by atoms with van der Waals surface area (Å²) in [7, 11) is -3.21. The molecule has 0 bridgehead atoms. The molecule has 5 heterocycles. The maximum atomic E-state index is 5.35. The van der Waals surface area contributed by atoms with E-state index in [1.165, 1.54) is 31.9 Å². The lowest BCUT2D eigenvalue weighted by Crippen LogP contribution is -2.60. The van der Waals surface area contributed by atoms with Crippen LogP contribution < -0.4 is 10.4 Å². The summed E-state index contributed by atoms with van der Waals surface area (Å²) in [6, 6.07) is 64.4. The van der Waals surface area contributed by atoms with E-state index < -0.39 is 8.07 Å². The topological polar surface area (TPSA) is 51.6 Å². The highest BCUT2D eigenvalue weighted by molar-refractivity contribution is 7.29. The van der Waals surface area contributed by atoms with E-state index in [1.54, 1.807) is 0 Å². The average molecular weight is 695 g/mol. The van der Waals surface area contributed by atoms with Crippen LogP contribution in [0.2, 0.25) is 0 Å². The summed E-state index contributed by atoms with van der Waals surface area (Å²) in [5, 5.41) is 5.00. The number of aromatic nitrogens is 4. The summed E-state index contributed by atoms with van der Waals surface area (Å²) >= 11 is 0. The SMILES string of the molecule is c1ccc(C2=C(c3ccc(-c4ccccn4)cn3)[Si](c3ccccc3)(c3ccccc3)C(c3ccc(-c4ccccn4)cn3)=C2c2ccccc2)cc1. The first-order valence-electron chi connectivity index (χ1n) is 17.8. The Hall–Kier alpha value is -6.82. The number of pyridine rings is 4. The summed E-state index contributed by atoms with van der Waals surface area (Å²) in [5.74, 6) is 0. The fourth-order valence-electron chi connectivity index (χ4n) is 7.75. The van der Waals surface area contributed by atoms with Crippen LogP contribution >= 0.6 is 0 Å². The third kappa shape index (κ3) is 5.74. The molecule has 250 valence electrons. The second-order valence-electron chi connectivity index (χ2n) is 13.0. The molecule has 1 aliphatic heterocycles. The molecule has 5 heteroatoms. The predicted octanol–water partition coefficient (Wildman–Crippen LogP) is 9.48. The minimum Gasteiger partial charge on any atom is -0.256 e. The van der Waals surface area contributed by atoms with Gasteiger partial charge in [0.2, 0.25) is 0 Å².